The zero-order valence-electron chi connectivity index (χ0n) is 12.7. The summed E-state index contributed by atoms with van der Waals surface area (Å²) in [6.45, 7) is 2.01. The molecular formula is C18H12ClN3OS. The summed E-state index contributed by atoms with van der Waals surface area (Å²) in [4.78, 5) is 17.6. The fraction of sp³-hybridized carbons (Fsp3) is 0.0556. The average molecular weight is 354 g/mol. The molecule has 2 heterocycles. The van der Waals surface area contributed by atoms with Crippen molar-refractivity contribution >= 4 is 34.0 Å². The second kappa shape index (κ2) is 5.85. The third-order valence-corrected chi connectivity index (χ3v) is 4.80. The number of thiazole rings is 1. The van der Waals surface area contributed by atoms with E-state index in [0.29, 0.717) is 20.3 Å². The molecule has 0 N–H and O–H groups in total. The highest BCUT2D eigenvalue weighted by Gasteiger charge is 2.11. The fourth-order valence-corrected chi connectivity index (χ4v) is 3.59. The number of nitrogens with zero attached hydrogens (tertiary/aromatic N) is 3. The Kier molecular flexibility index (Phi) is 3.67. The van der Waals surface area contributed by atoms with Gasteiger partial charge in [-0.05, 0) is 36.8 Å². The van der Waals surface area contributed by atoms with Gasteiger partial charge in [0.05, 0.1) is 4.53 Å². The molecule has 0 saturated heterocycles. The molecule has 4 nitrogen and oxygen atoms in total. The van der Waals surface area contributed by atoms with Gasteiger partial charge < -0.3 is 0 Å². The maximum absolute atomic E-state index is 12.5. The summed E-state index contributed by atoms with van der Waals surface area (Å²) in [5.41, 5.74) is 2.75. The van der Waals surface area contributed by atoms with Gasteiger partial charge in [-0.1, -0.05) is 58.8 Å². The zero-order chi connectivity index (χ0) is 16.7. The number of halogens is 1. The van der Waals surface area contributed by atoms with E-state index >= 15 is 0 Å². The van der Waals surface area contributed by atoms with E-state index in [2.05, 4.69) is 10.1 Å². The highest BCUT2D eigenvalue weighted by atomic mass is 35.5. The number of aryl methyl sites for hydroxylation is 1. The number of hydrogen-bond acceptors (Lipinski definition) is 4. The Bertz CT molecular complexity index is 1160. The lowest BCUT2D eigenvalue weighted by molar-refractivity contribution is 0.936. The minimum Gasteiger partial charge on any atom is -0.266 e. The molecule has 4 aromatic rings. The normalized spacial score (nSPS) is 12.2. The maximum Gasteiger partial charge on any atom is 0.291 e. The quantitative estimate of drug-likeness (QED) is 0.555. The smallest absolute Gasteiger partial charge is 0.266 e. The molecule has 2 aromatic heterocycles. The minimum atomic E-state index is -0.165. The summed E-state index contributed by atoms with van der Waals surface area (Å²) in [5.74, 6) is 0.566. The molecule has 4 rings (SSSR count). The molecule has 0 atom stereocenters. The number of benzene rings is 2. The van der Waals surface area contributed by atoms with Gasteiger partial charge in [0.15, 0.2) is 5.82 Å². The predicted octanol–water partition coefficient (Wildman–Crippen LogP) is 3.33. The van der Waals surface area contributed by atoms with Gasteiger partial charge in [-0.25, -0.2) is 0 Å². The summed E-state index contributed by atoms with van der Waals surface area (Å²) in [6, 6.07) is 15.3. The van der Waals surface area contributed by atoms with Gasteiger partial charge in [0.1, 0.15) is 0 Å². The van der Waals surface area contributed by atoms with E-state index in [1.54, 1.807) is 6.07 Å². The molecule has 6 heteroatoms. The third kappa shape index (κ3) is 2.72. The molecule has 0 bridgehead atoms. The molecule has 2 aromatic carbocycles. The molecule has 24 heavy (non-hydrogen) atoms. The SMILES string of the molecule is Cc1cccc(-c2nc3s/c(=C/c4cccc(Cl)c4)c(=O)n3n2)c1. The number of fused-ring (bicyclic) bond motifs is 1. The first kappa shape index (κ1) is 15.1. The van der Waals surface area contributed by atoms with Crippen LogP contribution in [0.3, 0.4) is 0 Å². The Morgan fingerprint density at radius 2 is 2.00 bits per heavy atom. The van der Waals surface area contributed by atoms with E-state index in [9.17, 15) is 4.79 Å². The first-order valence-electron chi connectivity index (χ1n) is 7.34. The second-order valence-corrected chi connectivity index (χ2v) is 6.92. The molecule has 0 unspecified atom stereocenters. The molecule has 0 spiro atoms. The van der Waals surface area contributed by atoms with Crippen molar-refractivity contribution in [3.8, 4) is 11.4 Å². The van der Waals surface area contributed by atoms with Crippen LogP contribution < -0.4 is 10.1 Å². The lowest BCUT2D eigenvalue weighted by atomic mass is 10.1. The van der Waals surface area contributed by atoms with Crippen molar-refractivity contribution < 1.29 is 0 Å². The number of hydrogen-bond donors (Lipinski definition) is 0. The Hall–Kier alpha value is -2.50. The second-order valence-electron chi connectivity index (χ2n) is 5.47. The first-order chi connectivity index (χ1) is 11.6. The van der Waals surface area contributed by atoms with Gasteiger partial charge in [0.25, 0.3) is 5.56 Å². The van der Waals surface area contributed by atoms with Gasteiger partial charge in [0.2, 0.25) is 4.96 Å². The Labute approximate surface area is 146 Å². The van der Waals surface area contributed by atoms with Crippen molar-refractivity contribution in [2.75, 3.05) is 0 Å². The van der Waals surface area contributed by atoms with Crippen LogP contribution in [0.4, 0.5) is 0 Å². The average Bonchev–Trinajstić information content (AvgIpc) is 3.08. The summed E-state index contributed by atoms with van der Waals surface area (Å²) in [5, 5.41) is 5.00. The third-order valence-electron chi connectivity index (χ3n) is 3.60. The summed E-state index contributed by atoms with van der Waals surface area (Å²) in [6.07, 6.45) is 1.81. The monoisotopic (exact) mass is 353 g/mol. The molecule has 0 amide bonds. The van der Waals surface area contributed by atoms with Crippen LogP contribution in [-0.4, -0.2) is 14.6 Å². The van der Waals surface area contributed by atoms with Crippen molar-refractivity contribution in [3.05, 3.63) is 79.6 Å². The van der Waals surface area contributed by atoms with Crippen molar-refractivity contribution in [3.63, 3.8) is 0 Å². The van der Waals surface area contributed by atoms with Crippen LogP contribution in [-0.2, 0) is 0 Å². The van der Waals surface area contributed by atoms with Crippen LogP contribution in [0.2, 0.25) is 5.02 Å². The van der Waals surface area contributed by atoms with Crippen LogP contribution in [0.25, 0.3) is 22.4 Å². The van der Waals surface area contributed by atoms with Gasteiger partial charge in [-0.3, -0.25) is 4.79 Å². The molecule has 0 fully saturated rings. The zero-order valence-corrected chi connectivity index (χ0v) is 14.3. The van der Waals surface area contributed by atoms with Gasteiger partial charge in [0, 0.05) is 10.6 Å². The Morgan fingerprint density at radius 1 is 1.17 bits per heavy atom. The minimum absolute atomic E-state index is 0.165. The van der Waals surface area contributed by atoms with Crippen LogP contribution in [0.15, 0.2) is 53.3 Å². The van der Waals surface area contributed by atoms with Crippen LogP contribution in [0.5, 0.6) is 0 Å². The molecule has 0 aliphatic carbocycles. The van der Waals surface area contributed by atoms with E-state index in [0.717, 1.165) is 16.7 Å². The van der Waals surface area contributed by atoms with E-state index in [1.165, 1.54) is 15.9 Å². The maximum atomic E-state index is 12.5. The first-order valence-corrected chi connectivity index (χ1v) is 8.53. The van der Waals surface area contributed by atoms with Crippen molar-refractivity contribution in [1.82, 2.24) is 14.6 Å². The Balaban J connectivity index is 1.83. The number of aromatic nitrogens is 3. The van der Waals surface area contributed by atoms with E-state index in [-0.39, 0.29) is 5.56 Å². The van der Waals surface area contributed by atoms with E-state index < -0.39 is 0 Å². The van der Waals surface area contributed by atoms with Gasteiger partial charge in [-0.15, -0.1) is 5.10 Å². The van der Waals surface area contributed by atoms with E-state index in [1.807, 2.05) is 55.5 Å². The van der Waals surface area contributed by atoms with Crippen molar-refractivity contribution in [1.29, 1.82) is 0 Å². The van der Waals surface area contributed by atoms with E-state index in [4.69, 9.17) is 11.6 Å². The molecular weight excluding hydrogens is 342 g/mol. The molecule has 0 aliphatic rings. The molecule has 0 radical (unpaired) electrons. The number of rotatable bonds is 2. The van der Waals surface area contributed by atoms with Crippen LogP contribution >= 0.6 is 22.9 Å². The standard InChI is InChI=1S/C18H12ClN3OS/c1-11-4-2-6-13(8-11)16-20-18-22(21-16)17(23)15(24-18)10-12-5-3-7-14(19)9-12/h2-10H,1H3/b15-10+. The topological polar surface area (TPSA) is 47.3 Å². The highest BCUT2D eigenvalue weighted by molar-refractivity contribution is 7.15. The van der Waals surface area contributed by atoms with Gasteiger partial charge in [-0.2, -0.15) is 9.50 Å². The van der Waals surface area contributed by atoms with Crippen LogP contribution in [0.1, 0.15) is 11.1 Å². The summed E-state index contributed by atoms with van der Waals surface area (Å²) in [7, 11) is 0. The molecule has 0 aliphatic heterocycles. The highest BCUT2D eigenvalue weighted by Crippen LogP contribution is 2.17. The predicted molar refractivity (Wildman–Crippen MR) is 97.5 cm³/mol. The summed E-state index contributed by atoms with van der Waals surface area (Å²) < 4.78 is 1.95. The largest absolute Gasteiger partial charge is 0.291 e. The van der Waals surface area contributed by atoms with Gasteiger partial charge >= 0.3 is 0 Å². The fourth-order valence-electron chi connectivity index (χ4n) is 2.49. The molecule has 118 valence electrons. The Morgan fingerprint density at radius 3 is 2.75 bits per heavy atom. The molecule has 0 saturated carbocycles. The summed E-state index contributed by atoms with van der Waals surface area (Å²) >= 11 is 7.31. The lowest BCUT2D eigenvalue weighted by Gasteiger charge is -1.95. The lowest BCUT2D eigenvalue weighted by Crippen LogP contribution is -2.23. The van der Waals surface area contributed by atoms with Crippen molar-refractivity contribution in [2.45, 2.75) is 6.92 Å². The van der Waals surface area contributed by atoms with Crippen molar-refractivity contribution in [2.24, 2.45) is 0 Å². The van der Waals surface area contributed by atoms with Crippen LogP contribution in [0, 0.1) is 6.92 Å².